The van der Waals surface area contributed by atoms with Crippen molar-refractivity contribution in [1.82, 2.24) is 10.8 Å². The minimum absolute atomic E-state index is 0.0802. The fraction of sp³-hybridized carbons (Fsp3) is 0.300. The van der Waals surface area contributed by atoms with Crippen LogP contribution >= 0.6 is 23.2 Å². The van der Waals surface area contributed by atoms with Crippen LogP contribution in [0, 0.1) is 5.92 Å². The van der Waals surface area contributed by atoms with E-state index < -0.39 is 11.3 Å². The number of amides is 1. The topological polar surface area (TPSA) is 87.7 Å². The molecule has 0 spiro atoms. The van der Waals surface area contributed by atoms with Crippen molar-refractivity contribution >= 4 is 35.1 Å². The summed E-state index contributed by atoms with van der Waals surface area (Å²) in [5, 5.41) is 12.8. The lowest BCUT2D eigenvalue weighted by molar-refractivity contribution is -0.144. The largest absolute Gasteiger partial charge is 0.468 e. The molecule has 1 saturated carbocycles. The monoisotopic (exact) mass is 422 g/mol. The predicted octanol–water partition coefficient (Wildman–Crippen LogP) is 3.33. The standard InChI is InChI=1S/C20H20Cl2N2O4/c1-28-19(26)20(14-6-7-16(21)17(22)8-14)9-15(20)11-23-10-12-2-4-13(5-3-12)18(25)24-27/h2-8,15,23,27H,9-11H2,1H3,(H,24,25)/t15-,20-/m1/s1. The lowest BCUT2D eigenvalue weighted by Gasteiger charge is -2.17. The number of methoxy groups -OCH3 is 1. The summed E-state index contributed by atoms with van der Waals surface area (Å²) in [5.74, 6) is -0.754. The molecule has 0 aliphatic heterocycles. The minimum Gasteiger partial charge on any atom is -0.468 e. The van der Waals surface area contributed by atoms with Crippen molar-refractivity contribution in [1.29, 1.82) is 0 Å². The molecule has 1 aliphatic rings. The molecule has 2 aromatic rings. The van der Waals surface area contributed by atoms with Crippen LogP contribution in [0.25, 0.3) is 0 Å². The molecule has 6 nitrogen and oxygen atoms in total. The summed E-state index contributed by atoms with van der Waals surface area (Å²) >= 11 is 12.1. The van der Waals surface area contributed by atoms with E-state index in [-0.39, 0.29) is 11.9 Å². The molecule has 0 saturated heterocycles. The van der Waals surface area contributed by atoms with Crippen LogP contribution in [0.2, 0.25) is 10.0 Å². The Morgan fingerprint density at radius 2 is 1.89 bits per heavy atom. The van der Waals surface area contributed by atoms with Crippen molar-refractivity contribution < 1.29 is 19.5 Å². The summed E-state index contributed by atoms with van der Waals surface area (Å²) in [4.78, 5) is 23.8. The van der Waals surface area contributed by atoms with Gasteiger partial charge in [-0.25, -0.2) is 5.48 Å². The van der Waals surface area contributed by atoms with Crippen molar-refractivity contribution in [2.45, 2.75) is 18.4 Å². The molecule has 1 fully saturated rings. The van der Waals surface area contributed by atoms with E-state index in [1.54, 1.807) is 41.9 Å². The number of ether oxygens (including phenoxy) is 1. The Balaban J connectivity index is 1.63. The molecule has 8 heteroatoms. The first-order valence-corrected chi connectivity index (χ1v) is 9.46. The zero-order valence-corrected chi connectivity index (χ0v) is 16.7. The van der Waals surface area contributed by atoms with Gasteiger partial charge in [0.1, 0.15) is 0 Å². The van der Waals surface area contributed by atoms with Crippen LogP contribution in [0.4, 0.5) is 0 Å². The van der Waals surface area contributed by atoms with Gasteiger partial charge in [-0.15, -0.1) is 0 Å². The maximum Gasteiger partial charge on any atom is 0.316 e. The lowest BCUT2D eigenvalue weighted by Crippen LogP contribution is -2.28. The number of esters is 1. The average molecular weight is 423 g/mol. The summed E-state index contributed by atoms with van der Waals surface area (Å²) in [6.07, 6.45) is 0.667. The van der Waals surface area contributed by atoms with Crippen LogP contribution < -0.4 is 10.8 Å². The van der Waals surface area contributed by atoms with Gasteiger partial charge in [-0.2, -0.15) is 0 Å². The number of hydrogen-bond acceptors (Lipinski definition) is 5. The van der Waals surface area contributed by atoms with Gasteiger partial charge in [-0.05, 0) is 54.3 Å². The first kappa shape index (κ1) is 20.6. The third kappa shape index (κ3) is 4.00. The van der Waals surface area contributed by atoms with E-state index in [9.17, 15) is 9.59 Å². The fourth-order valence-corrected chi connectivity index (χ4v) is 3.78. The normalized spacial score (nSPS) is 20.5. The zero-order valence-electron chi connectivity index (χ0n) is 15.2. The van der Waals surface area contributed by atoms with Gasteiger partial charge in [0.2, 0.25) is 0 Å². The van der Waals surface area contributed by atoms with E-state index in [1.165, 1.54) is 7.11 Å². The number of hydroxylamine groups is 1. The first-order chi connectivity index (χ1) is 13.4. The van der Waals surface area contributed by atoms with Gasteiger partial charge in [0.15, 0.2) is 0 Å². The molecule has 1 amide bonds. The van der Waals surface area contributed by atoms with Crippen LogP contribution in [0.1, 0.15) is 27.9 Å². The second-order valence-corrected chi connectivity index (χ2v) is 7.58. The number of nitrogens with one attached hydrogen (secondary N) is 2. The highest BCUT2D eigenvalue weighted by molar-refractivity contribution is 6.42. The number of carbonyl (C=O) groups is 2. The Morgan fingerprint density at radius 3 is 2.50 bits per heavy atom. The molecule has 0 unspecified atom stereocenters. The minimum atomic E-state index is -0.709. The molecule has 0 bridgehead atoms. The molecule has 0 radical (unpaired) electrons. The number of benzene rings is 2. The van der Waals surface area contributed by atoms with Crippen molar-refractivity contribution in [3.8, 4) is 0 Å². The third-order valence-electron chi connectivity index (χ3n) is 5.13. The Kier molecular flexibility index (Phi) is 6.25. The van der Waals surface area contributed by atoms with Crippen molar-refractivity contribution in [2.24, 2.45) is 5.92 Å². The molecule has 3 N–H and O–H groups in total. The Morgan fingerprint density at radius 1 is 1.18 bits per heavy atom. The van der Waals surface area contributed by atoms with Gasteiger partial charge in [-0.1, -0.05) is 41.4 Å². The van der Waals surface area contributed by atoms with E-state index >= 15 is 0 Å². The number of halogens is 2. The second kappa shape index (κ2) is 8.49. The van der Waals surface area contributed by atoms with Gasteiger partial charge >= 0.3 is 5.97 Å². The van der Waals surface area contributed by atoms with Crippen LogP contribution in [0.3, 0.4) is 0 Å². The van der Waals surface area contributed by atoms with Crippen LogP contribution in [-0.2, 0) is 21.5 Å². The quantitative estimate of drug-likeness (QED) is 0.361. The Labute approximate surface area is 172 Å². The number of rotatable bonds is 7. The van der Waals surface area contributed by atoms with Gasteiger partial charge in [0, 0.05) is 12.1 Å². The van der Waals surface area contributed by atoms with Gasteiger partial charge in [0.05, 0.1) is 22.6 Å². The van der Waals surface area contributed by atoms with Gasteiger partial charge in [0.25, 0.3) is 5.91 Å². The molecule has 0 heterocycles. The third-order valence-corrected chi connectivity index (χ3v) is 5.87. The number of carbonyl (C=O) groups excluding carboxylic acids is 2. The zero-order chi connectivity index (χ0) is 20.3. The summed E-state index contributed by atoms with van der Waals surface area (Å²) < 4.78 is 5.04. The van der Waals surface area contributed by atoms with Crippen LogP contribution in [0.15, 0.2) is 42.5 Å². The van der Waals surface area contributed by atoms with Crippen molar-refractivity contribution in [3.63, 3.8) is 0 Å². The molecule has 148 valence electrons. The fourth-order valence-electron chi connectivity index (χ4n) is 3.48. The molecule has 2 aromatic carbocycles. The molecule has 3 rings (SSSR count). The molecule has 0 aromatic heterocycles. The lowest BCUT2D eigenvalue weighted by atomic mass is 9.93. The summed E-state index contributed by atoms with van der Waals surface area (Å²) in [6.45, 7) is 1.20. The SMILES string of the molecule is COC(=O)[C@@]1(c2ccc(Cl)c(Cl)c2)C[C@@H]1CNCc1ccc(C(=O)NO)cc1. The molecular formula is C20H20Cl2N2O4. The maximum absolute atomic E-state index is 12.5. The predicted molar refractivity (Wildman–Crippen MR) is 106 cm³/mol. The Hall–Kier alpha value is -2.12. The van der Waals surface area contributed by atoms with Gasteiger partial charge < -0.3 is 10.1 Å². The smallest absolute Gasteiger partial charge is 0.316 e. The highest BCUT2D eigenvalue weighted by atomic mass is 35.5. The Bertz CT molecular complexity index is 888. The van der Waals surface area contributed by atoms with E-state index in [2.05, 4.69) is 5.32 Å². The molecule has 2 atom stereocenters. The number of hydrogen-bond donors (Lipinski definition) is 3. The summed E-state index contributed by atoms with van der Waals surface area (Å²) in [6, 6.07) is 12.1. The maximum atomic E-state index is 12.5. The van der Waals surface area contributed by atoms with E-state index in [1.807, 2.05) is 6.07 Å². The average Bonchev–Trinajstić information content (AvgIpc) is 3.44. The van der Waals surface area contributed by atoms with Crippen LogP contribution in [0.5, 0.6) is 0 Å². The van der Waals surface area contributed by atoms with E-state index in [4.69, 9.17) is 33.1 Å². The summed E-state index contributed by atoms with van der Waals surface area (Å²) in [7, 11) is 1.38. The highest BCUT2D eigenvalue weighted by Gasteiger charge is 2.61. The van der Waals surface area contributed by atoms with Crippen molar-refractivity contribution in [2.75, 3.05) is 13.7 Å². The van der Waals surface area contributed by atoms with E-state index in [0.717, 1.165) is 11.1 Å². The highest BCUT2D eigenvalue weighted by Crippen LogP contribution is 2.55. The second-order valence-electron chi connectivity index (χ2n) is 6.76. The van der Waals surface area contributed by atoms with Gasteiger partial charge in [-0.3, -0.25) is 14.8 Å². The van der Waals surface area contributed by atoms with Crippen LogP contribution in [-0.4, -0.2) is 30.7 Å². The molecule has 28 heavy (non-hydrogen) atoms. The van der Waals surface area contributed by atoms with Crippen molar-refractivity contribution in [3.05, 3.63) is 69.2 Å². The molecular weight excluding hydrogens is 403 g/mol. The first-order valence-electron chi connectivity index (χ1n) is 8.70. The summed E-state index contributed by atoms with van der Waals surface area (Å²) in [5.41, 5.74) is 3.05. The molecule has 1 aliphatic carbocycles. The van der Waals surface area contributed by atoms with E-state index in [0.29, 0.717) is 35.1 Å².